The standard InChI is InChI=1S/C23H27FN2O3.ClH/c1-25(16-2-3-23(27)19-4-10-20(24)11-5-19)21-12-6-17(7-13-21)18-8-14-22(15-9-18)26(28)29;/h4-5,8-11,14-15,17,21H,2-3,6-7,12-13,16H2,1H3;1H. The van der Waals surface area contributed by atoms with Crippen molar-refractivity contribution in [1.29, 1.82) is 0 Å². The first kappa shape index (κ1) is 24.0. The Labute approximate surface area is 182 Å². The second kappa shape index (κ2) is 11.2. The Bertz CT molecular complexity index is 835. The van der Waals surface area contributed by atoms with Crippen molar-refractivity contribution in [3.05, 3.63) is 75.6 Å². The molecule has 0 N–H and O–H groups in total. The first-order chi connectivity index (χ1) is 13.9. The summed E-state index contributed by atoms with van der Waals surface area (Å²) in [5, 5.41) is 10.8. The number of nitrogens with zero attached hydrogens (tertiary/aromatic N) is 2. The predicted molar refractivity (Wildman–Crippen MR) is 118 cm³/mol. The minimum Gasteiger partial charge on any atom is -0.303 e. The van der Waals surface area contributed by atoms with E-state index >= 15 is 0 Å². The highest BCUT2D eigenvalue weighted by Crippen LogP contribution is 2.35. The molecule has 1 aliphatic rings. The molecule has 0 bridgehead atoms. The first-order valence-electron chi connectivity index (χ1n) is 10.2. The first-order valence-corrected chi connectivity index (χ1v) is 10.2. The zero-order valence-corrected chi connectivity index (χ0v) is 17.9. The minimum absolute atomic E-state index is 0. The molecule has 162 valence electrons. The lowest BCUT2D eigenvalue weighted by molar-refractivity contribution is -0.384. The van der Waals surface area contributed by atoms with Gasteiger partial charge in [-0.3, -0.25) is 14.9 Å². The Morgan fingerprint density at radius 3 is 2.23 bits per heavy atom. The van der Waals surface area contributed by atoms with Crippen LogP contribution in [0.3, 0.4) is 0 Å². The molecule has 2 aromatic rings. The Hall–Kier alpha value is -2.31. The number of carbonyl (C=O) groups is 1. The number of nitro groups is 1. The van der Waals surface area contributed by atoms with E-state index in [1.165, 1.54) is 17.7 Å². The maximum Gasteiger partial charge on any atom is 0.269 e. The number of benzene rings is 2. The van der Waals surface area contributed by atoms with E-state index in [4.69, 9.17) is 0 Å². The molecule has 1 fully saturated rings. The van der Waals surface area contributed by atoms with Crippen molar-refractivity contribution in [1.82, 2.24) is 4.90 Å². The smallest absolute Gasteiger partial charge is 0.269 e. The molecule has 1 aliphatic carbocycles. The molecule has 5 nitrogen and oxygen atoms in total. The van der Waals surface area contributed by atoms with Crippen molar-refractivity contribution < 1.29 is 14.1 Å². The van der Waals surface area contributed by atoms with Crippen LogP contribution in [0.4, 0.5) is 10.1 Å². The molecule has 1 saturated carbocycles. The van der Waals surface area contributed by atoms with Crippen LogP contribution in [0.2, 0.25) is 0 Å². The van der Waals surface area contributed by atoms with Crippen molar-refractivity contribution in [2.75, 3.05) is 13.6 Å². The molecule has 0 spiro atoms. The molecule has 30 heavy (non-hydrogen) atoms. The molecule has 3 rings (SSSR count). The Balaban J connectivity index is 0.00000320. The zero-order valence-electron chi connectivity index (χ0n) is 17.1. The maximum atomic E-state index is 13.0. The number of halogens is 2. The molecular weight excluding hydrogens is 407 g/mol. The van der Waals surface area contributed by atoms with Gasteiger partial charge in [0.25, 0.3) is 5.69 Å². The Morgan fingerprint density at radius 1 is 1.07 bits per heavy atom. The largest absolute Gasteiger partial charge is 0.303 e. The molecule has 7 heteroatoms. The minimum atomic E-state index is -0.365. The summed E-state index contributed by atoms with van der Waals surface area (Å²) in [6.45, 7) is 0.861. The molecule has 0 saturated heterocycles. The van der Waals surface area contributed by atoms with E-state index in [9.17, 15) is 19.3 Å². The van der Waals surface area contributed by atoms with Gasteiger partial charge >= 0.3 is 0 Å². The van der Waals surface area contributed by atoms with E-state index in [1.807, 2.05) is 12.1 Å². The van der Waals surface area contributed by atoms with Gasteiger partial charge in [0.05, 0.1) is 4.92 Å². The van der Waals surface area contributed by atoms with E-state index < -0.39 is 0 Å². The monoisotopic (exact) mass is 434 g/mol. The summed E-state index contributed by atoms with van der Waals surface area (Å²) in [6, 6.07) is 13.2. The van der Waals surface area contributed by atoms with Gasteiger partial charge in [0.1, 0.15) is 5.82 Å². The summed E-state index contributed by atoms with van der Waals surface area (Å²) in [5.41, 5.74) is 1.89. The third-order valence-electron chi connectivity index (χ3n) is 5.98. The summed E-state index contributed by atoms with van der Waals surface area (Å²) in [7, 11) is 2.11. The van der Waals surface area contributed by atoms with Gasteiger partial charge in [0, 0.05) is 30.2 Å². The quantitative estimate of drug-likeness (QED) is 0.300. The highest BCUT2D eigenvalue weighted by Gasteiger charge is 2.25. The summed E-state index contributed by atoms with van der Waals surface area (Å²) >= 11 is 0. The van der Waals surface area contributed by atoms with Crippen LogP contribution in [-0.2, 0) is 0 Å². The van der Waals surface area contributed by atoms with Crippen LogP contribution in [0.5, 0.6) is 0 Å². The van der Waals surface area contributed by atoms with Gasteiger partial charge in [-0.25, -0.2) is 4.39 Å². The van der Waals surface area contributed by atoms with E-state index in [1.54, 1.807) is 24.3 Å². The van der Waals surface area contributed by atoms with Gasteiger partial charge in [-0.15, -0.1) is 12.4 Å². The van der Waals surface area contributed by atoms with Gasteiger partial charge in [-0.1, -0.05) is 12.1 Å². The fourth-order valence-corrected chi connectivity index (χ4v) is 4.17. The average Bonchev–Trinajstić information content (AvgIpc) is 2.74. The molecule has 2 aromatic carbocycles. The number of ketones is 1. The lowest BCUT2D eigenvalue weighted by atomic mass is 9.81. The Morgan fingerprint density at radius 2 is 1.67 bits per heavy atom. The number of rotatable bonds is 8. The fraction of sp³-hybridized carbons (Fsp3) is 0.435. The number of non-ortho nitro benzene ring substituents is 1. The van der Waals surface area contributed by atoms with Gasteiger partial charge in [-0.05, 0) is 81.4 Å². The van der Waals surface area contributed by atoms with Gasteiger partial charge in [0.2, 0.25) is 0 Å². The van der Waals surface area contributed by atoms with E-state index in [0.29, 0.717) is 23.9 Å². The van der Waals surface area contributed by atoms with E-state index in [2.05, 4.69) is 11.9 Å². The zero-order chi connectivity index (χ0) is 20.8. The van der Waals surface area contributed by atoms with Crippen molar-refractivity contribution >= 4 is 23.9 Å². The lowest BCUT2D eigenvalue weighted by Crippen LogP contribution is -2.35. The number of nitro benzene ring substituents is 1. The van der Waals surface area contributed by atoms with Crippen LogP contribution < -0.4 is 0 Å². The number of hydrogen-bond donors (Lipinski definition) is 0. The third-order valence-corrected chi connectivity index (χ3v) is 5.98. The van der Waals surface area contributed by atoms with Crippen molar-refractivity contribution in [3.63, 3.8) is 0 Å². The summed E-state index contributed by atoms with van der Waals surface area (Å²) in [4.78, 5) is 25.0. The molecule has 0 aliphatic heterocycles. The van der Waals surface area contributed by atoms with Gasteiger partial charge in [-0.2, -0.15) is 0 Å². The summed E-state index contributed by atoms with van der Waals surface area (Å²) in [5.74, 6) is 0.186. The maximum absolute atomic E-state index is 13.0. The number of hydrogen-bond acceptors (Lipinski definition) is 4. The van der Waals surface area contributed by atoms with Gasteiger partial charge in [0.15, 0.2) is 5.78 Å². The predicted octanol–water partition coefficient (Wildman–Crippen LogP) is 5.78. The molecule has 0 amide bonds. The van der Waals surface area contributed by atoms with Crippen molar-refractivity contribution in [2.45, 2.75) is 50.5 Å². The Kier molecular flexibility index (Phi) is 8.93. The number of Topliss-reactive ketones (excluding diaryl/α,β-unsaturated/α-hetero) is 1. The van der Waals surface area contributed by atoms with Crippen LogP contribution in [0.1, 0.15) is 60.4 Å². The fourth-order valence-electron chi connectivity index (χ4n) is 4.17. The van der Waals surface area contributed by atoms with Crippen molar-refractivity contribution in [2.24, 2.45) is 0 Å². The van der Waals surface area contributed by atoms with Crippen LogP contribution >= 0.6 is 12.4 Å². The average molecular weight is 435 g/mol. The van der Waals surface area contributed by atoms with Crippen LogP contribution in [0.25, 0.3) is 0 Å². The topological polar surface area (TPSA) is 63.5 Å². The summed E-state index contributed by atoms with van der Waals surface area (Å²) in [6.07, 6.45) is 5.57. The van der Waals surface area contributed by atoms with E-state index in [0.717, 1.165) is 38.6 Å². The van der Waals surface area contributed by atoms with Crippen LogP contribution in [-0.4, -0.2) is 35.2 Å². The normalized spacial score (nSPS) is 18.6. The van der Waals surface area contributed by atoms with Crippen molar-refractivity contribution in [3.8, 4) is 0 Å². The summed E-state index contributed by atoms with van der Waals surface area (Å²) < 4.78 is 13.0. The van der Waals surface area contributed by atoms with Gasteiger partial charge < -0.3 is 4.90 Å². The molecule has 0 aromatic heterocycles. The molecule has 0 radical (unpaired) electrons. The molecular formula is C23H28ClFN2O3. The highest BCUT2D eigenvalue weighted by molar-refractivity contribution is 5.95. The second-order valence-corrected chi connectivity index (χ2v) is 7.87. The molecule has 0 atom stereocenters. The van der Waals surface area contributed by atoms with Crippen LogP contribution in [0.15, 0.2) is 48.5 Å². The SMILES string of the molecule is CN(CCCC(=O)c1ccc(F)cc1)C1CCC(c2ccc([N+](=O)[O-])cc2)CC1.Cl. The molecule has 0 unspecified atom stereocenters. The number of carbonyl (C=O) groups excluding carboxylic acids is 1. The highest BCUT2D eigenvalue weighted by atomic mass is 35.5. The third kappa shape index (κ3) is 6.34. The van der Waals surface area contributed by atoms with E-state index in [-0.39, 0.29) is 34.6 Å². The lowest BCUT2D eigenvalue weighted by Gasteiger charge is -2.35. The second-order valence-electron chi connectivity index (χ2n) is 7.87. The molecule has 0 heterocycles. The van der Waals surface area contributed by atoms with Crippen LogP contribution in [0, 0.1) is 15.9 Å².